The van der Waals surface area contributed by atoms with Crippen LogP contribution < -0.4 is 5.32 Å². The Morgan fingerprint density at radius 2 is 2.30 bits per heavy atom. The Labute approximate surface area is 133 Å². The van der Waals surface area contributed by atoms with Crippen molar-refractivity contribution in [3.63, 3.8) is 0 Å². The molecule has 7 nitrogen and oxygen atoms in total. The summed E-state index contributed by atoms with van der Waals surface area (Å²) in [5.74, 6) is -0.476. The number of carbonyl (C=O) groups is 2. The van der Waals surface area contributed by atoms with Crippen LogP contribution in [0.1, 0.15) is 12.1 Å². The van der Waals surface area contributed by atoms with Crippen LogP contribution in [0.3, 0.4) is 0 Å². The van der Waals surface area contributed by atoms with E-state index in [1.165, 1.54) is 12.0 Å². The van der Waals surface area contributed by atoms with Crippen LogP contribution in [0.25, 0.3) is 11.0 Å². The first-order chi connectivity index (χ1) is 11.2. The van der Waals surface area contributed by atoms with Gasteiger partial charge < -0.3 is 15.0 Å². The number of nitrogens with zero attached hydrogens (tertiary/aromatic N) is 3. The number of amides is 1. The van der Waals surface area contributed by atoms with E-state index in [0.29, 0.717) is 25.2 Å². The van der Waals surface area contributed by atoms with Crippen LogP contribution in [0.5, 0.6) is 0 Å². The van der Waals surface area contributed by atoms with Crippen molar-refractivity contribution in [3.8, 4) is 0 Å². The molecule has 2 aromatic rings. The van der Waals surface area contributed by atoms with Crippen molar-refractivity contribution in [2.24, 2.45) is 0 Å². The lowest BCUT2D eigenvalue weighted by molar-refractivity contribution is -0.145. The summed E-state index contributed by atoms with van der Waals surface area (Å²) >= 11 is 0. The monoisotopic (exact) mass is 314 g/mol. The lowest BCUT2D eigenvalue weighted by atomic mass is 10.2. The molecule has 0 saturated carbocycles. The molecule has 0 aliphatic carbocycles. The number of hydrogen-bond acceptors (Lipinski definition) is 6. The summed E-state index contributed by atoms with van der Waals surface area (Å²) in [6, 6.07) is 7.42. The molecule has 0 bridgehead atoms. The molecular weight excluding hydrogens is 296 g/mol. The maximum absolute atomic E-state index is 12.2. The quantitative estimate of drug-likeness (QED) is 0.809. The number of methoxy groups -OCH3 is 1. The number of nitrogens with one attached hydrogen (secondary N) is 1. The van der Waals surface area contributed by atoms with Gasteiger partial charge in [0.2, 0.25) is 5.91 Å². The molecule has 1 saturated heterocycles. The zero-order chi connectivity index (χ0) is 16.2. The lowest BCUT2D eigenvalue weighted by Gasteiger charge is -2.15. The molecule has 3 rings (SSSR count). The molecular formula is C16H18N4O3. The second kappa shape index (κ2) is 6.70. The van der Waals surface area contributed by atoms with Crippen molar-refractivity contribution in [1.82, 2.24) is 20.2 Å². The van der Waals surface area contributed by atoms with Gasteiger partial charge in [-0.25, -0.2) is 9.97 Å². The molecule has 1 atom stereocenters. The highest BCUT2D eigenvalue weighted by Crippen LogP contribution is 2.13. The first-order valence-electron chi connectivity index (χ1n) is 7.47. The van der Waals surface area contributed by atoms with Crippen molar-refractivity contribution in [2.45, 2.75) is 19.0 Å². The maximum Gasteiger partial charge on any atom is 0.325 e. The van der Waals surface area contributed by atoms with Crippen LogP contribution in [0.15, 0.2) is 30.5 Å². The van der Waals surface area contributed by atoms with Crippen LogP contribution in [0, 0.1) is 0 Å². The van der Waals surface area contributed by atoms with E-state index in [0.717, 1.165) is 11.1 Å². The van der Waals surface area contributed by atoms with E-state index in [9.17, 15) is 9.59 Å². The summed E-state index contributed by atoms with van der Waals surface area (Å²) in [6.07, 6.45) is 2.37. The summed E-state index contributed by atoms with van der Waals surface area (Å²) in [4.78, 5) is 33.7. The van der Waals surface area contributed by atoms with Gasteiger partial charge in [-0.1, -0.05) is 0 Å². The molecule has 0 radical (unpaired) electrons. The van der Waals surface area contributed by atoms with Gasteiger partial charge in [0.15, 0.2) is 5.65 Å². The Kier molecular flexibility index (Phi) is 4.47. The molecule has 3 heterocycles. The Hall–Kier alpha value is -2.54. The van der Waals surface area contributed by atoms with Crippen molar-refractivity contribution >= 4 is 22.9 Å². The lowest BCUT2D eigenvalue weighted by Crippen LogP contribution is -2.40. The van der Waals surface area contributed by atoms with Crippen molar-refractivity contribution in [1.29, 1.82) is 0 Å². The second-order valence-corrected chi connectivity index (χ2v) is 5.41. The zero-order valence-corrected chi connectivity index (χ0v) is 12.9. The fraction of sp³-hybridized carbons (Fsp3) is 0.375. The first-order valence-corrected chi connectivity index (χ1v) is 7.47. The van der Waals surface area contributed by atoms with Crippen molar-refractivity contribution in [2.75, 3.05) is 20.2 Å². The molecule has 1 amide bonds. The Morgan fingerprint density at radius 1 is 1.43 bits per heavy atom. The fourth-order valence-electron chi connectivity index (χ4n) is 2.62. The molecule has 1 fully saturated rings. The molecule has 1 aliphatic heterocycles. The summed E-state index contributed by atoms with van der Waals surface area (Å²) < 4.78 is 4.60. The summed E-state index contributed by atoms with van der Waals surface area (Å²) in [5, 5.41) is 4.18. The van der Waals surface area contributed by atoms with Gasteiger partial charge in [0.25, 0.3) is 0 Å². The van der Waals surface area contributed by atoms with Crippen LogP contribution in [0.2, 0.25) is 0 Å². The molecule has 0 spiro atoms. The molecule has 120 valence electrons. The third kappa shape index (κ3) is 3.45. The van der Waals surface area contributed by atoms with Crippen LogP contribution >= 0.6 is 0 Å². The molecule has 7 heteroatoms. The summed E-state index contributed by atoms with van der Waals surface area (Å²) in [7, 11) is 1.32. The van der Waals surface area contributed by atoms with E-state index in [1.54, 1.807) is 6.20 Å². The largest absolute Gasteiger partial charge is 0.468 e. The summed E-state index contributed by atoms with van der Waals surface area (Å²) in [5.41, 5.74) is 1.52. The van der Waals surface area contributed by atoms with Gasteiger partial charge >= 0.3 is 5.97 Å². The van der Waals surface area contributed by atoms with E-state index in [-0.39, 0.29) is 18.5 Å². The Bertz CT molecular complexity index is 734. The van der Waals surface area contributed by atoms with E-state index in [1.807, 2.05) is 24.3 Å². The van der Waals surface area contributed by atoms with Gasteiger partial charge in [-0.05, 0) is 30.7 Å². The minimum absolute atomic E-state index is 0.00561. The van der Waals surface area contributed by atoms with Gasteiger partial charge in [0, 0.05) is 24.7 Å². The van der Waals surface area contributed by atoms with E-state index < -0.39 is 5.97 Å². The molecule has 1 N–H and O–H groups in total. The highest BCUT2D eigenvalue weighted by molar-refractivity contribution is 5.87. The summed E-state index contributed by atoms with van der Waals surface area (Å²) in [6.45, 7) is 1.04. The third-order valence-electron chi connectivity index (χ3n) is 3.90. The van der Waals surface area contributed by atoms with E-state index in [2.05, 4.69) is 20.0 Å². The van der Waals surface area contributed by atoms with Gasteiger partial charge in [0.05, 0.1) is 18.8 Å². The van der Waals surface area contributed by atoms with Crippen molar-refractivity contribution < 1.29 is 14.3 Å². The van der Waals surface area contributed by atoms with Crippen molar-refractivity contribution in [3.05, 3.63) is 36.2 Å². The number of carbonyl (C=O) groups excluding carboxylic acids is 2. The minimum atomic E-state index is -0.402. The van der Waals surface area contributed by atoms with Crippen LogP contribution in [-0.2, 0) is 20.9 Å². The fourth-order valence-corrected chi connectivity index (χ4v) is 2.62. The number of esters is 1. The Morgan fingerprint density at radius 3 is 3.13 bits per heavy atom. The molecule has 0 aromatic carbocycles. The Balaban J connectivity index is 1.59. The number of fused-ring (bicyclic) bond motifs is 1. The normalized spacial score (nSPS) is 17.7. The SMILES string of the molecule is COC(=O)CN1CCC(NCc2ccc3cccnc3n2)C1=O. The highest BCUT2D eigenvalue weighted by Gasteiger charge is 2.32. The van der Waals surface area contributed by atoms with Gasteiger partial charge in [-0.3, -0.25) is 9.59 Å². The number of hydrogen-bond donors (Lipinski definition) is 1. The molecule has 23 heavy (non-hydrogen) atoms. The topological polar surface area (TPSA) is 84.4 Å². The van der Waals surface area contributed by atoms with Gasteiger partial charge in [-0.2, -0.15) is 0 Å². The number of pyridine rings is 2. The maximum atomic E-state index is 12.2. The van der Waals surface area contributed by atoms with Crippen LogP contribution in [0.4, 0.5) is 0 Å². The third-order valence-corrected chi connectivity index (χ3v) is 3.90. The number of aromatic nitrogens is 2. The number of ether oxygens (including phenoxy) is 1. The number of rotatable bonds is 5. The minimum Gasteiger partial charge on any atom is -0.468 e. The van der Waals surface area contributed by atoms with E-state index >= 15 is 0 Å². The predicted octanol–water partition coefficient (Wildman–Crippen LogP) is 0.493. The zero-order valence-electron chi connectivity index (χ0n) is 12.9. The predicted molar refractivity (Wildman–Crippen MR) is 83.4 cm³/mol. The van der Waals surface area contributed by atoms with Gasteiger partial charge in [0.1, 0.15) is 6.54 Å². The molecule has 1 aliphatic rings. The van der Waals surface area contributed by atoms with Gasteiger partial charge in [-0.15, -0.1) is 0 Å². The molecule has 2 aromatic heterocycles. The smallest absolute Gasteiger partial charge is 0.325 e. The second-order valence-electron chi connectivity index (χ2n) is 5.41. The first kappa shape index (κ1) is 15.4. The molecule has 1 unspecified atom stereocenters. The van der Waals surface area contributed by atoms with Crippen LogP contribution in [-0.4, -0.2) is 53.0 Å². The number of likely N-dealkylation sites (tertiary alicyclic amines) is 1. The average Bonchev–Trinajstić information content (AvgIpc) is 2.92. The standard InChI is InChI=1S/C16H18N4O3/c1-23-14(21)10-20-8-6-13(16(20)22)18-9-12-5-4-11-3-2-7-17-15(11)19-12/h2-5,7,13,18H,6,8-10H2,1H3. The van der Waals surface area contributed by atoms with E-state index in [4.69, 9.17) is 0 Å². The highest BCUT2D eigenvalue weighted by atomic mass is 16.5. The average molecular weight is 314 g/mol.